The monoisotopic (exact) mass is 263 g/mol. The van der Waals surface area contributed by atoms with Crippen LogP contribution in [-0.2, 0) is 9.47 Å². The van der Waals surface area contributed by atoms with Gasteiger partial charge in [0.05, 0.1) is 6.61 Å². The van der Waals surface area contributed by atoms with Crippen molar-refractivity contribution in [2.45, 2.75) is 31.8 Å². The lowest BCUT2D eigenvalue weighted by atomic mass is 9.96. The van der Waals surface area contributed by atoms with E-state index in [1.54, 1.807) is 0 Å². The van der Waals surface area contributed by atoms with Gasteiger partial charge in [0.1, 0.15) is 6.10 Å². The molecule has 5 heteroatoms. The molecule has 0 radical (unpaired) electrons. The van der Waals surface area contributed by atoms with Crippen molar-refractivity contribution in [3.05, 3.63) is 23.3 Å². The number of rotatable bonds is 2. The molecular formula is C14H21N3O2. The lowest BCUT2D eigenvalue weighted by molar-refractivity contribution is 0.0216. The number of hydrogen-bond donors (Lipinski definition) is 1. The topological polar surface area (TPSA) is 56.3 Å². The quantitative estimate of drug-likeness (QED) is 0.872. The van der Waals surface area contributed by atoms with Crippen LogP contribution in [0.25, 0.3) is 0 Å². The maximum atomic E-state index is 5.75. The predicted octanol–water partition coefficient (Wildman–Crippen LogP) is 1.34. The van der Waals surface area contributed by atoms with E-state index in [4.69, 9.17) is 14.5 Å². The van der Waals surface area contributed by atoms with Gasteiger partial charge in [-0.05, 0) is 25.8 Å². The number of nitrogens with zero attached hydrogens (tertiary/aromatic N) is 2. The number of aromatic nitrogens is 2. The molecular weight excluding hydrogens is 242 g/mol. The van der Waals surface area contributed by atoms with Crippen LogP contribution in [0.3, 0.4) is 0 Å². The van der Waals surface area contributed by atoms with Gasteiger partial charge in [0, 0.05) is 43.6 Å². The molecule has 2 aliphatic heterocycles. The van der Waals surface area contributed by atoms with Gasteiger partial charge in [-0.2, -0.15) is 0 Å². The van der Waals surface area contributed by atoms with Crippen LogP contribution in [0.2, 0.25) is 0 Å². The van der Waals surface area contributed by atoms with Gasteiger partial charge in [0.2, 0.25) is 0 Å². The molecule has 104 valence electrons. The van der Waals surface area contributed by atoms with Crippen molar-refractivity contribution < 1.29 is 9.47 Å². The van der Waals surface area contributed by atoms with Crippen LogP contribution in [0.1, 0.15) is 42.1 Å². The van der Waals surface area contributed by atoms with Crippen molar-refractivity contribution in [1.29, 1.82) is 0 Å². The number of ether oxygens (including phenoxy) is 2. The van der Waals surface area contributed by atoms with E-state index in [0.29, 0.717) is 5.92 Å². The van der Waals surface area contributed by atoms with Crippen molar-refractivity contribution in [3.8, 4) is 0 Å². The lowest BCUT2D eigenvalue weighted by Crippen LogP contribution is -2.34. The highest BCUT2D eigenvalue weighted by Crippen LogP contribution is 2.27. The van der Waals surface area contributed by atoms with Crippen molar-refractivity contribution in [3.63, 3.8) is 0 Å². The van der Waals surface area contributed by atoms with Gasteiger partial charge in [-0.25, -0.2) is 9.97 Å². The number of morpholine rings is 1. The second kappa shape index (κ2) is 5.94. The fourth-order valence-corrected chi connectivity index (χ4v) is 2.69. The van der Waals surface area contributed by atoms with E-state index >= 15 is 0 Å². The molecule has 3 heterocycles. The van der Waals surface area contributed by atoms with E-state index < -0.39 is 0 Å². The van der Waals surface area contributed by atoms with Crippen LogP contribution in [0.5, 0.6) is 0 Å². The lowest BCUT2D eigenvalue weighted by Gasteiger charge is -2.25. The molecule has 1 aromatic rings. The summed E-state index contributed by atoms with van der Waals surface area (Å²) in [5, 5.41) is 3.33. The minimum Gasteiger partial charge on any atom is -0.381 e. The molecule has 1 aromatic heterocycles. The Labute approximate surface area is 113 Å². The van der Waals surface area contributed by atoms with Gasteiger partial charge in [-0.3, -0.25) is 0 Å². The zero-order valence-corrected chi connectivity index (χ0v) is 11.4. The Balaban J connectivity index is 1.82. The fourth-order valence-electron chi connectivity index (χ4n) is 2.69. The van der Waals surface area contributed by atoms with Crippen LogP contribution in [0, 0.1) is 6.92 Å². The van der Waals surface area contributed by atoms with E-state index in [0.717, 1.165) is 63.0 Å². The van der Waals surface area contributed by atoms with E-state index in [2.05, 4.69) is 16.4 Å². The molecule has 1 N–H and O–H groups in total. The van der Waals surface area contributed by atoms with Gasteiger partial charge in [-0.1, -0.05) is 0 Å². The Kier molecular flexibility index (Phi) is 4.06. The van der Waals surface area contributed by atoms with Crippen molar-refractivity contribution in [1.82, 2.24) is 15.3 Å². The third-order valence-corrected chi connectivity index (χ3v) is 3.75. The highest BCUT2D eigenvalue weighted by Gasteiger charge is 2.22. The first-order valence-corrected chi connectivity index (χ1v) is 7.08. The van der Waals surface area contributed by atoms with Gasteiger partial charge in [0.25, 0.3) is 0 Å². The molecule has 0 amide bonds. The molecule has 1 unspecified atom stereocenters. The van der Waals surface area contributed by atoms with Crippen LogP contribution in [0.4, 0.5) is 0 Å². The summed E-state index contributed by atoms with van der Waals surface area (Å²) in [6.07, 6.45) is 2.10. The highest BCUT2D eigenvalue weighted by atomic mass is 16.5. The van der Waals surface area contributed by atoms with E-state index in [9.17, 15) is 0 Å². The first kappa shape index (κ1) is 13.0. The Morgan fingerprint density at radius 3 is 2.79 bits per heavy atom. The largest absolute Gasteiger partial charge is 0.381 e. The van der Waals surface area contributed by atoms with Crippen LogP contribution in [0.15, 0.2) is 6.07 Å². The third kappa shape index (κ3) is 3.11. The molecule has 2 fully saturated rings. The zero-order chi connectivity index (χ0) is 13.1. The standard InChI is InChI=1S/C14H21N3O2/c1-10-8-12(11-2-5-18-6-3-11)17-14(16-10)13-9-15-4-7-19-13/h8,11,13,15H,2-7,9H2,1H3. The van der Waals surface area contributed by atoms with Gasteiger partial charge < -0.3 is 14.8 Å². The molecule has 1 atom stereocenters. The molecule has 5 nitrogen and oxygen atoms in total. The molecule has 0 saturated carbocycles. The smallest absolute Gasteiger partial charge is 0.158 e. The normalized spacial score (nSPS) is 25.4. The van der Waals surface area contributed by atoms with Gasteiger partial charge in [0.15, 0.2) is 5.82 Å². The summed E-state index contributed by atoms with van der Waals surface area (Å²) in [6, 6.07) is 2.11. The Bertz CT molecular complexity index is 390. The maximum absolute atomic E-state index is 5.75. The molecule has 0 bridgehead atoms. The van der Waals surface area contributed by atoms with Gasteiger partial charge >= 0.3 is 0 Å². The highest BCUT2D eigenvalue weighted by molar-refractivity contribution is 5.16. The summed E-state index contributed by atoms with van der Waals surface area (Å²) >= 11 is 0. The number of aryl methyl sites for hydroxylation is 1. The Hall–Kier alpha value is -1.04. The summed E-state index contributed by atoms with van der Waals surface area (Å²) in [5.74, 6) is 1.33. The molecule has 19 heavy (non-hydrogen) atoms. The second-order valence-electron chi connectivity index (χ2n) is 5.24. The Morgan fingerprint density at radius 1 is 1.21 bits per heavy atom. The van der Waals surface area contributed by atoms with Gasteiger partial charge in [-0.15, -0.1) is 0 Å². The summed E-state index contributed by atoms with van der Waals surface area (Å²) < 4.78 is 11.2. The average Bonchev–Trinajstić information content (AvgIpc) is 2.48. The average molecular weight is 263 g/mol. The second-order valence-corrected chi connectivity index (χ2v) is 5.24. The predicted molar refractivity (Wildman–Crippen MR) is 71.1 cm³/mol. The SMILES string of the molecule is Cc1cc(C2CCOCC2)nc(C2CNCCO2)n1. The van der Waals surface area contributed by atoms with E-state index in [-0.39, 0.29) is 6.10 Å². The first-order valence-electron chi connectivity index (χ1n) is 7.08. The molecule has 2 aliphatic rings. The molecule has 0 aromatic carbocycles. The molecule has 0 aliphatic carbocycles. The minimum atomic E-state index is -0.00718. The van der Waals surface area contributed by atoms with Crippen molar-refractivity contribution in [2.24, 2.45) is 0 Å². The minimum absolute atomic E-state index is 0.00718. The zero-order valence-electron chi connectivity index (χ0n) is 11.4. The van der Waals surface area contributed by atoms with Crippen LogP contribution < -0.4 is 5.32 Å². The van der Waals surface area contributed by atoms with Crippen molar-refractivity contribution in [2.75, 3.05) is 32.9 Å². The fraction of sp³-hybridized carbons (Fsp3) is 0.714. The van der Waals surface area contributed by atoms with Crippen LogP contribution >= 0.6 is 0 Å². The maximum Gasteiger partial charge on any atom is 0.158 e. The Morgan fingerprint density at radius 2 is 2.05 bits per heavy atom. The molecule has 3 rings (SSSR count). The number of nitrogens with one attached hydrogen (secondary N) is 1. The summed E-state index contributed by atoms with van der Waals surface area (Å²) in [5.41, 5.74) is 2.18. The summed E-state index contributed by atoms with van der Waals surface area (Å²) in [4.78, 5) is 9.29. The number of hydrogen-bond acceptors (Lipinski definition) is 5. The summed E-state index contributed by atoms with van der Waals surface area (Å²) in [7, 11) is 0. The third-order valence-electron chi connectivity index (χ3n) is 3.75. The van der Waals surface area contributed by atoms with Crippen LogP contribution in [-0.4, -0.2) is 42.9 Å². The first-order chi connectivity index (χ1) is 9.33. The summed E-state index contributed by atoms with van der Waals surface area (Å²) in [6.45, 7) is 6.15. The van der Waals surface area contributed by atoms with Crippen molar-refractivity contribution >= 4 is 0 Å². The molecule has 2 saturated heterocycles. The van der Waals surface area contributed by atoms with E-state index in [1.807, 2.05) is 6.92 Å². The van der Waals surface area contributed by atoms with E-state index in [1.165, 1.54) is 0 Å². The molecule has 0 spiro atoms.